The van der Waals surface area contributed by atoms with Gasteiger partial charge in [-0.1, -0.05) is 35.5 Å². The largest absolute Gasteiger partial charge is 0.351 e. The zero-order valence-corrected chi connectivity index (χ0v) is 17.3. The molecule has 0 unspecified atom stereocenters. The number of hydrogen-bond acceptors (Lipinski definition) is 5. The van der Waals surface area contributed by atoms with Crippen LogP contribution in [-0.2, 0) is 4.79 Å². The molecule has 1 N–H and O–H groups in total. The van der Waals surface area contributed by atoms with Crippen molar-refractivity contribution in [1.29, 1.82) is 0 Å². The predicted molar refractivity (Wildman–Crippen MR) is 113 cm³/mol. The summed E-state index contributed by atoms with van der Waals surface area (Å²) in [4.78, 5) is 28.0. The number of nitrogens with zero attached hydrogens (tertiary/aromatic N) is 3. The summed E-state index contributed by atoms with van der Waals surface area (Å²) in [6, 6.07) is 9.64. The molecule has 1 fully saturated rings. The number of benzene rings is 2. The van der Waals surface area contributed by atoms with Crippen LogP contribution in [0.5, 0.6) is 0 Å². The number of halogens is 2. The van der Waals surface area contributed by atoms with Crippen molar-refractivity contribution < 1.29 is 18.4 Å². The molecule has 1 aliphatic rings. The first kappa shape index (κ1) is 21.0. The molecule has 2 amide bonds. The second-order valence-corrected chi connectivity index (χ2v) is 8.00. The second-order valence-electron chi connectivity index (χ2n) is 7.39. The van der Waals surface area contributed by atoms with Gasteiger partial charge in [-0.05, 0) is 60.3 Å². The van der Waals surface area contributed by atoms with E-state index >= 15 is 0 Å². The third-order valence-corrected chi connectivity index (χ3v) is 5.78. The minimum atomic E-state index is -1.14. The van der Waals surface area contributed by atoms with Crippen LogP contribution in [0.25, 0.3) is 0 Å². The van der Waals surface area contributed by atoms with Gasteiger partial charge in [0.1, 0.15) is 17.7 Å². The summed E-state index contributed by atoms with van der Waals surface area (Å²) < 4.78 is 31.4. The fraction of sp³-hybridized carbons (Fsp3) is 0.273. The van der Waals surface area contributed by atoms with E-state index in [-0.39, 0.29) is 17.4 Å². The van der Waals surface area contributed by atoms with Gasteiger partial charge in [0.15, 0.2) is 5.69 Å². The van der Waals surface area contributed by atoms with Crippen LogP contribution in [-0.4, -0.2) is 27.4 Å². The first-order chi connectivity index (χ1) is 15.0. The summed E-state index contributed by atoms with van der Waals surface area (Å²) in [5.41, 5.74) is 0.627. The average Bonchev–Trinajstić information content (AvgIpc) is 3.46. The average molecular weight is 442 g/mol. The van der Waals surface area contributed by atoms with Crippen LogP contribution in [0.1, 0.15) is 47.8 Å². The molecular weight excluding hydrogens is 422 g/mol. The normalized spacial score (nSPS) is 14.9. The summed E-state index contributed by atoms with van der Waals surface area (Å²) in [6.07, 6.45) is 3.74. The van der Waals surface area contributed by atoms with Gasteiger partial charge in [0.2, 0.25) is 5.91 Å². The number of rotatable bonds is 6. The lowest BCUT2D eigenvalue weighted by Crippen LogP contribution is -2.46. The molecule has 1 aromatic heterocycles. The Labute approximate surface area is 182 Å². The molecule has 0 radical (unpaired) electrons. The summed E-state index contributed by atoms with van der Waals surface area (Å²) in [7, 11) is 0. The van der Waals surface area contributed by atoms with E-state index < -0.39 is 29.5 Å². The van der Waals surface area contributed by atoms with Gasteiger partial charge in [-0.2, -0.15) is 0 Å². The van der Waals surface area contributed by atoms with Gasteiger partial charge in [0.05, 0.1) is 0 Å². The Hall–Kier alpha value is -3.20. The van der Waals surface area contributed by atoms with Crippen LogP contribution in [0.15, 0.2) is 53.9 Å². The SMILES string of the molecule is O=C(NC1CCCC1)[C@H](c1ccc(F)cc1)N(C(=O)c1csnn1)c1cccc(F)c1. The minimum absolute atomic E-state index is 0.000786. The van der Waals surface area contributed by atoms with E-state index in [9.17, 15) is 18.4 Å². The van der Waals surface area contributed by atoms with Gasteiger partial charge >= 0.3 is 0 Å². The number of amides is 2. The van der Waals surface area contributed by atoms with E-state index in [1.54, 1.807) is 6.07 Å². The summed E-state index contributed by atoms with van der Waals surface area (Å²) in [6.45, 7) is 0. The van der Waals surface area contributed by atoms with Crippen LogP contribution in [0.4, 0.5) is 14.5 Å². The minimum Gasteiger partial charge on any atom is -0.351 e. The van der Waals surface area contributed by atoms with Crippen LogP contribution >= 0.6 is 11.5 Å². The molecule has 2 aromatic carbocycles. The summed E-state index contributed by atoms with van der Waals surface area (Å²) in [5.74, 6) is -2.04. The third-order valence-electron chi connectivity index (χ3n) is 5.28. The Morgan fingerprint density at radius 3 is 2.45 bits per heavy atom. The van der Waals surface area contributed by atoms with Crippen LogP contribution in [0.3, 0.4) is 0 Å². The van der Waals surface area contributed by atoms with Gasteiger partial charge < -0.3 is 5.32 Å². The molecule has 0 spiro atoms. The highest BCUT2D eigenvalue weighted by Gasteiger charge is 2.35. The standard InChI is InChI=1S/C22H20F2N4O2S/c23-15-10-8-14(9-11-15)20(21(29)25-17-5-1-2-6-17)28(18-7-3-4-16(24)12-18)22(30)19-13-31-27-26-19/h3-4,7-13,17,20H,1-2,5-6H2,(H,25,29)/t20-/m0/s1. The Bertz CT molecular complexity index is 1050. The van der Waals surface area contributed by atoms with Gasteiger partial charge in [0.25, 0.3) is 5.91 Å². The molecule has 0 bridgehead atoms. The zero-order valence-electron chi connectivity index (χ0n) is 16.5. The highest BCUT2D eigenvalue weighted by atomic mass is 32.1. The maximum Gasteiger partial charge on any atom is 0.280 e. The second kappa shape index (κ2) is 9.30. The maximum absolute atomic E-state index is 14.1. The quantitative estimate of drug-likeness (QED) is 0.619. The molecule has 0 saturated heterocycles. The number of aromatic nitrogens is 2. The molecule has 1 saturated carbocycles. The van der Waals surface area contributed by atoms with Gasteiger partial charge in [-0.15, -0.1) is 5.10 Å². The molecule has 160 valence electrons. The molecule has 9 heteroatoms. The monoisotopic (exact) mass is 442 g/mol. The van der Waals surface area contributed by atoms with E-state index in [2.05, 4.69) is 14.9 Å². The van der Waals surface area contributed by atoms with Gasteiger partial charge in [-0.3, -0.25) is 14.5 Å². The smallest absolute Gasteiger partial charge is 0.280 e. The Morgan fingerprint density at radius 2 is 1.81 bits per heavy atom. The molecule has 1 heterocycles. The molecule has 1 atom stereocenters. The number of carbonyl (C=O) groups excluding carboxylic acids is 2. The fourth-order valence-electron chi connectivity index (χ4n) is 3.80. The number of carbonyl (C=O) groups is 2. The summed E-state index contributed by atoms with van der Waals surface area (Å²) >= 11 is 0.995. The van der Waals surface area contributed by atoms with Crippen LogP contribution in [0.2, 0.25) is 0 Å². The van der Waals surface area contributed by atoms with Crippen molar-refractivity contribution in [2.24, 2.45) is 0 Å². The zero-order chi connectivity index (χ0) is 21.8. The van der Waals surface area contributed by atoms with Crippen LogP contribution < -0.4 is 10.2 Å². The maximum atomic E-state index is 14.1. The molecule has 0 aliphatic heterocycles. The van der Waals surface area contributed by atoms with Gasteiger partial charge in [-0.25, -0.2) is 8.78 Å². The fourth-order valence-corrected chi connectivity index (χ4v) is 4.23. The molecular formula is C22H20F2N4O2S. The predicted octanol–water partition coefficient (Wildman–Crippen LogP) is 4.26. The van der Waals surface area contributed by atoms with Crippen molar-refractivity contribution in [3.63, 3.8) is 0 Å². The Morgan fingerprint density at radius 1 is 1.06 bits per heavy atom. The van der Waals surface area contributed by atoms with E-state index in [1.807, 2.05) is 0 Å². The lowest BCUT2D eigenvalue weighted by molar-refractivity contribution is -0.123. The lowest BCUT2D eigenvalue weighted by atomic mass is 10.0. The van der Waals surface area contributed by atoms with E-state index in [0.717, 1.165) is 37.2 Å². The Kier molecular flexibility index (Phi) is 6.31. The van der Waals surface area contributed by atoms with Gasteiger partial charge in [0, 0.05) is 17.1 Å². The van der Waals surface area contributed by atoms with Crippen molar-refractivity contribution in [2.45, 2.75) is 37.8 Å². The first-order valence-electron chi connectivity index (χ1n) is 9.95. The molecule has 3 aromatic rings. The number of hydrogen-bond donors (Lipinski definition) is 1. The van der Waals surface area contributed by atoms with Crippen molar-refractivity contribution in [2.75, 3.05) is 4.90 Å². The van der Waals surface area contributed by atoms with Crippen molar-refractivity contribution in [3.8, 4) is 0 Å². The number of anilines is 1. The highest BCUT2D eigenvalue weighted by molar-refractivity contribution is 7.03. The van der Waals surface area contributed by atoms with E-state index in [4.69, 9.17) is 0 Å². The van der Waals surface area contributed by atoms with E-state index in [0.29, 0.717) is 5.56 Å². The molecule has 31 heavy (non-hydrogen) atoms. The highest BCUT2D eigenvalue weighted by Crippen LogP contribution is 2.31. The summed E-state index contributed by atoms with van der Waals surface area (Å²) in [5, 5.41) is 8.30. The molecule has 6 nitrogen and oxygen atoms in total. The van der Waals surface area contributed by atoms with Crippen LogP contribution in [0, 0.1) is 11.6 Å². The van der Waals surface area contributed by atoms with Crippen molar-refractivity contribution in [3.05, 3.63) is 76.8 Å². The number of nitrogens with one attached hydrogen (secondary N) is 1. The molecule has 1 aliphatic carbocycles. The van der Waals surface area contributed by atoms with Crippen molar-refractivity contribution >= 4 is 29.0 Å². The van der Waals surface area contributed by atoms with Crippen molar-refractivity contribution in [1.82, 2.24) is 14.9 Å². The topological polar surface area (TPSA) is 75.2 Å². The lowest BCUT2D eigenvalue weighted by Gasteiger charge is -2.31. The third kappa shape index (κ3) is 4.77. The van der Waals surface area contributed by atoms with E-state index in [1.165, 1.54) is 52.7 Å². The Balaban J connectivity index is 1.80. The molecule has 4 rings (SSSR count). The first-order valence-corrected chi connectivity index (χ1v) is 10.8.